The van der Waals surface area contributed by atoms with E-state index in [1.807, 2.05) is 27.7 Å². The van der Waals surface area contributed by atoms with Crippen LogP contribution in [-0.2, 0) is 16.4 Å². The van der Waals surface area contributed by atoms with Gasteiger partial charge in [-0.3, -0.25) is 9.40 Å². The highest BCUT2D eigenvalue weighted by Gasteiger charge is 2.22. The molecular weight excluding hydrogens is 290 g/mol. The summed E-state index contributed by atoms with van der Waals surface area (Å²) < 4.78 is 29.2. The van der Waals surface area contributed by atoms with E-state index in [-0.39, 0.29) is 11.1 Å². The van der Waals surface area contributed by atoms with E-state index in [9.17, 15) is 8.42 Å². The van der Waals surface area contributed by atoms with Crippen LogP contribution in [0.4, 0.5) is 5.69 Å². The molecule has 0 aliphatic carbocycles. The van der Waals surface area contributed by atoms with Crippen molar-refractivity contribution in [2.75, 3.05) is 4.72 Å². The van der Waals surface area contributed by atoms with Crippen molar-refractivity contribution in [1.82, 2.24) is 19.7 Å². The van der Waals surface area contributed by atoms with Crippen molar-refractivity contribution in [3.63, 3.8) is 0 Å². The highest BCUT2D eigenvalue weighted by atomic mass is 32.2. The van der Waals surface area contributed by atoms with Crippen LogP contribution < -0.4 is 4.72 Å². The predicted octanol–water partition coefficient (Wildman–Crippen LogP) is 2.17. The normalized spacial score (nSPS) is 12.1. The Morgan fingerprint density at radius 1 is 1.38 bits per heavy atom. The Bertz CT molecular complexity index is 743. The van der Waals surface area contributed by atoms with Crippen molar-refractivity contribution >= 4 is 15.7 Å². The predicted molar refractivity (Wildman–Crippen MR) is 80.9 cm³/mol. The van der Waals surface area contributed by atoms with Gasteiger partial charge in [0.05, 0.1) is 23.3 Å². The van der Waals surface area contributed by atoms with Crippen LogP contribution in [0.3, 0.4) is 0 Å². The highest BCUT2D eigenvalue weighted by molar-refractivity contribution is 7.92. The first-order valence-corrected chi connectivity index (χ1v) is 8.37. The zero-order valence-electron chi connectivity index (χ0n) is 12.9. The van der Waals surface area contributed by atoms with Crippen molar-refractivity contribution in [3.05, 3.63) is 23.4 Å². The summed E-state index contributed by atoms with van der Waals surface area (Å²) in [4.78, 5) is 6.83. The van der Waals surface area contributed by atoms with E-state index in [4.69, 9.17) is 0 Å². The van der Waals surface area contributed by atoms with Gasteiger partial charge in [0.15, 0.2) is 5.03 Å². The molecule has 2 aromatic rings. The van der Waals surface area contributed by atoms with Crippen LogP contribution in [0.15, 0.2) is 11.2 Å². The van der Waals surface area contributed by atoms with Gasteiger partial charge < -0.3 is 4.98 Å². The highest BCUT2D eigenvalue weighted by Crippen LogP contribution is 2.25. The minimum Gasteiger partial charge on any atom is -0.332 e. The summed E-state index contributed by atoms with van der Waals surface area (Å²) in [6, 6.07) is 0.167. The van der Waals surface area contributed by atoms with Gasteiger partial charge >= 0.3 is 0 Å². The Kier molecular flexibility index (Phi) is 4.08. The van der Waals surface area contributed by atoms with Gasteiger partial charge in [0.25, 0.3) is 10.0 Å². The molecule has 116 valence electrons. The van der Waals surface area contributed by atoms with Gasteiger partial charge in [-0.25, -0.2) is 4.98 Å². The molecule has 0 saturated heterocycles. The van der Waals surface area contributed by atoms with Crippen LogP contribution in [-0.4, -0.2) is 28.2 Å². The van der Waals surface area contributed by atoms with Gasteiger partial charge in [-0.15, -0.1) is 0 Å². The third kappa shape index (κ3) is 2.94. The summed E-state index contributed by atoms with van der Waals surface area (Å²) in [6.07, 6.45) is 1.98. The van der Waals surface area contributed by atoms with Gasteiger partial charge in [0.2, 0.25) is 0 Å². The SMILES string of the molecule is CCc1ncc(S(=O)(=O)Nc2c(C)nn(C(C)C)c2C)[nH]1. The number of sulfonamides is 1. The fourth-order valence-electron chi connectivity index (χ4n) is 2.16. The number of nitrogens with one attached hydrogen (secondary N) is 2. The molecule has 0 unspecified atom stereocenters. The number of aryl methyl sites for hydroxylation is 2. The molecule has 0 aliphatic heterocycles. The lowest BCUT2D eigenvalue weighted by Crippen LogP contribution is -2.15. The second-order valence-corrected chi connectivity index (χ2v) is 6.89. The minimum absolute atomic E-state index is 0.0652. The first-order valence-electron chi connectivity index (χ1n) is 6.88. The number of nitrogens with zero attached hydrogens (tertiary/aromatic N) is 3. The van der Waals surface area contributed by atoms with Gasteiger partial charge in [0.1, 0.15) is 5.82 Å². The molecule has 7 nitrogen and oxygen atoms in total. The molecule has 21 heavy (non-hydrogen) atoms. The topological polar surface area (TPSA) is 92.7 Å². The summed E-state index contributed by atoms with van der Waals surface area (Å²) in [6.45, 7) is 9.54. The molecule has 2 aromatic heterocycles. The largest absolute Gasteiger partial charge is 0.332 e. The van der Waals surface area contributed by atoms with Crippen LogP contribution in [0.25, 0.3) is 0 Å². The van der Waals surface area contributed by atoms with Gasteiger partial charge in [-0.05, 0) is 27.7 Å². The van der Waals surface area contributed by atoms with Crippen LogP contribution in [0.5, 0.6) is 0 Å². The van der Waals surface area contributed by atoms with Crippen molar-refractivity contribution in [2.24, 2.45) is 0 Å². The van der Waals surface area contributed by atoms with E-state index < -0.39 is 10.0 Å². The van der Waals surface area contributed by atoms with E-state index in [2.05, 4.69) is 19.8 Å². The smallest absolute Gasteiger partial charge is 0.279 e. The number of imidazole rings is 1. The molecule has 0 amide bonds. The fraction of sp³-hybridized carbons (Fsp3) is 0.538. The number of hydrogen-bond acceptors (Lipinski definition) is 4. The number of rotatable bonds is 5. The maximum atomic E-state index is 12.4. The van der Waals surface area contributed by atoms with Crippen LogP contribution >= 0.6 is 0 Å². The first-order chi connectivity index (χ1) is 9.76. The Labute approximate surface area is 124 Å². The van der Waals surface area contributed by atoms with Crippen molar-refractivity contribution in [2.45, 2.75) is 52.1 Å². The van der Waals surface area contributed by atoms with E-state index in [0.717, 1.165) is 5.69 Å². The Morgan fingerprint density at radius 2 is 2.05 bits per heavy atom. The molecule has 0 saturated carbocycles. The average Bonchev–Trinajstić information content (AvgIpc) is 2.99. The summed E-state index contributed by atoms with van der Waals surface area (Å²) >= 11 is 0. The number of hydrogen-bond donors (Lipinski definition) is 2. The van der Waals surface area contributed by atoms with Crippen LogP contribution in [0, 0.1) is 13.8 Å². The molecule has 0 atom stereocenters. The van der Waals surface area contributed by atoms with Gasteiger partial charge in [-0.1, -0.05) is 6.92 Å². The standard InChI is InChI=1S/C13H21N5O2S/c1-6-11-14-7-12(15-11)21(19,20)17-13-9(4)16-18(8(2)3)10(13)5/h7-8,17H,6H2,1-5H3,(H,14,15). The lowest BCUT2D eigenvalue weighted by molar-refractivity contribution is 0.516. The van der Waals surface area contributed by atoms with E-state index in [0.29, 0.717) is 23.6 Å². The summed E-state index contributed by atoms with van der Waals surface area (Å²) in [7, 11) is -3.68. The summed E-state index contributed by atoms with van der Waals surface area (Å²) in [5.41, 5.74) is 1.97. The maximum Gasteiger partial charge on any atom is 0.279 e. The maximum absolute atomic E-state index is 12.4. The van der Waals surface area contributed by atoms with Gasteiger partial charge in [0, 0.05) is 12.5 Å². The quantitative estimate of drug-likeness (QED) is 0.885. The molecule has 0 spiro atoms. The molecule has 0 aromatic carbocycles. The molecule has 2 heterocycles. The molecule has 0 bridgehead atoms. The number of H-pyrrole nitrogens is 1. The van der Waals surface area contributed by atoms with Crippen molar-refractivity contribution < 1.29 is 8.42 Å². The minimum atomic E-state index is -3.68. The molecule has 2 N–H and O–H groups in total. The second kappa shape index (κ2) is 5.51. The number of aromatic nitrogens is 4. The van der Waals surface area contributed by atoms with Crippen molar-refractivity contribution in [1.29, 1.82) is 0 Å². The molecule has 0 fully saturated rings. The fourth-order valence-corrected chi connectivity index (χ4v) is 3.28. The molecular formula is C13H21N5O2S. The Hall–Kier alpha value is -1.83. The van der Waals surface area contributed by atoms with Gasteiger partial charge in [-0.2, -0.15) is 13.5 Å². The lowest BCUT2D eigenvalue weighted by Gasteiger charge is -2.09. The molecule has 0 radical (unpaired) electrons. The first kappa shape index (κ1) is 15.6. The van der Waals surface area contributed by atoms with E-state index in [1.54, 1.807) is 11.6 Å². The Balaban J connectivity index is 2.37. The zero-order valence-corrected chi connectivity index (χ0v) is 13.7. The zero-order chi connectivity index (χ0) is 15.8. The Morgan fingerprint density at radius 3 is 2.52 bits per heavy atom. The average molecular weight is 311 g/mol. The van der Waals surface area contributed by atoms with E-state index in [1.165, 1.54) is 6.20 Å². The number of aromatic amines is 1. The van der Waals surface area contributed by atoms with E-state index >= 15 is 0 Å². The summed E-state index contributed by atoms with van der Waals surface area (Å²) in [5.74, 6) is 0.640. The molecule has 0 aliphatic rings. The molecule has 2 rings (SSSR count). The lowest BCUT2D eigenvalue weighted by atomic mass is 10.3. The number of anilines is 1. The second-order valence-electron chi connectivity index (χ2n) is 5.24. The van der Waals surface area contributed by atoms with Crippen LogP contribution in [0.2, 0.25) is 0 Å². The third-order valence-electron chi connectivity index (χ3n) is 3.28. The van der Waals surface area contributed by atoms with Crippen LogP contribution in [0.1, 0.15) is 44.0 Å². The summed E-state index contributed by atoms with van der Waals surface area (Å²) in [5, 5.41) is 4.44. The monoisotopic (exact) mass is 311 g/mol. The third-order valence-corrected chi connectivity index (χ3v) is 4.54. The van der Waals surface area contributed by atoms with Crippen molar-refractivity contribution in [3.8, 4) is 0 Å². The molecule has 8 heteroatoms.